The van der Waals surface area contributed by atoms with Crippen LogP contribution in [-0.2, 0) is 4.74 Å². The maximum absolute atomic E-state index is 12.1. The first kappa shape index (κ1) is 12.1. The molecule has 1 heterocycles. The van der Waals surface area contributed by atoms with Gasteiger partial charge in [-0.2, -0.15) is 0 Å². The second kappa shape index (κ2) is 4.01. The second-order valence-electron chi connectivity index (χ2n) is 7.00. The minimum Gasteiger partial charge on any atom is -0.444 e. The Kier molecular flexibility index (Phi) is 2.68. The van der Waals surface area contributed by atoms with E-state index < -0.39 is 0 Å². The van der Waals surface area contributed by atoms with Crippen LogP contribution in [0.2, 0.25) is 0 Å². The lowest BCUT2D eigenvalue weighted by Crippen LogP contribution is -2.35. The molecular formula is C15H23NO2. The fourth-order valence-corrected chi connectivity index (χ4v) is 3.81. The van der Waals surface area contributed by atoms with Gasteiger partial charge in [-0.3, -0.25) is 0 Å². The van der Waals surface area contributed by atoms with Crippen molar-refractivity contribution in [2.24, 2.45) is 23.7 Å². The largest absolute Gasteiger partial charge is 0.444 e. The van der Waals surface area contributed by atoms with Crippen LogP contribution in [0.4, 0.5) is 4.79 Å². The molecule has 4 aliphatic rings. The van der Waals surface area contributed by atoms with Crippen molar-refractivity contribution in [1.29, 1.82) is 0 Å². The Bertz CT molecular complexity index is 360. The van der Waals surface area contributed by atoms with E-state index in [4.69, 9.17) is 4.74 Å². The van der Waals surface area contributed by atoms with E-state index in [-0.39, 0.29) is 11.7 Å². The summed E-state index contributed by atoms with van der Waals surface area (Å²) in [7, 11) is 0. The van der Waals surface area contributed by atoms with E-state index in [0.29, 0.717) is 23.7 Å². The third kappa shape index (κ3) is 2.04. The molecule has 2 bridgehead atoms. The number of rotatable bonds is 0. The van der Waals surface area contributed by atoms with E-state index in [9.17, 15) is 4.79 Å². The van der Waals surface area contributed by atoms with Gasteiger partial charge in [-0.25, -0.2) is 4.79 Å². The van der Waals surface area contributed by atoms with Gasteiger partial charge in [0, 0.05) is 13.1 Å². The van der Waals surface area contributed by atoms with Crippen LogP contribution in [0.25, 0.3) is 0 Å². The van der Waals surface area contributed by atoms with Gasteiger partial charge in [-0.15, -0.1) is 0 Å². The normalized spacial score (nSPS) is 37.8. The van der Waals surface area contributed by atoms with Crippen LogP contribution in [0.5, 0.6) is 0 Å². The van der Waals surface area contributed by atoms with Crippen LogP contribution in [0.1, 0.15) is 33.6 Å². The molecule has 0 spiro atoms. The molecule has 4 atom stereocenters. The van der Waals surface area contributed by atoms with Crippen molar-refractivity contribution in [3.8, 4) is 0 Å². The Labute approximate surface area is 109 Å². The van der Waals surface area contributed by atoms with Crippen molar-refractivity contribution >= 4 is 6.09 Å². The summed E-state index contributed by atoms with van der Waals surface area (Å²) in [5.41, 5.74) is -0.387. The fourth-order valence-electron chi connectivity index (χ4n) is 3.81. The van der Waals surface area contributed by atoms with Crippen molar-refractivity contribution < 1.29 is 9.53 Å². The molecule has 1 amide bonds. The van der Waals surface area contributed by atoms with Gasteiger partial charge < -0.3 is 9.64 Å². The minimum atomic E-state index is -0.387. The number of ether oxygens (including phenoxy) is 1. The van der Waals surface area contributed by atoms with E-state index >= 15 is 0 Å². The standard InChI is InChI=1S/C15H23NO2/c1-15(2,3)18-14(17)16-8-12-10-4-5-11(7-6-10)13(12)9-16/h4-5,10-13H,6-9H2,1-3H3/t10?,11?,12-,13+. The molecular weight excluding hydrogens is 226 g/mol. The zero-order valence-electron chi connectivity index (χ0n) is 11.6. The predicted molar refractivity (Wildman–Crippen MR) is 70.1 cm³/mol. The van der Waals surface area contributed by atoms with Crippen LogP contribution >= 0.6 is 0 Å². The Balaban J connectivity index is 1.68. The third-order valence-corrected chi connectivity index (χ3v) is 4.60. The van der Waals surface area contributed by atoms with E-state index in [0.717, 1.165) is 13.1 Å². The molecule has 3 aliphatic carbocycles. The highest BCUT2D eigenvalue weighted by atomic mass is 16.6. The van der Waals surface area contributed by atoms with Crippen LogP contribution < -0.4 is 0 Å². The molecule has 1 saturated heterocycles. The number of nitrogens with zero attached hydrogens (tertiary/aromatic N) is 1. The quantitative estimate of drug-likeness (QED) is 0.617. The van der Waals surface area contributed by atoms with Gasteiger partial charge in [0.2, 0.25) is 0 Å². The zero-order valence-corrected chi connectivity index (χ0v) is 11.6. The number of fused-ring (bicyclic) bond motifs is 1. The maximum Gasteiger partial charge on any atom is 0.410 e. The fraction of sp³-hybridized carbons (Fsp3) is 0.800. The number of amides is 1. The Morgan fingerprint density at radius 2 is 1.61 bits per heavy atom. The minimum absolute atomic E-state index is 0.128. The Morgan fingerprint density at radius 1 is 1.11 bits per heavy atom. The summed E-state index contributed by atoms with van der Waals surface area (Å²) in [4.78, 5) is 14.1. The molecule has 4 rings (SSSR count). The first-order chi connectivity index (χ1) is 8.44. The van der Waals surface area contributed by atoms with Crippen molar-refractivity contribution in [3.63, 3.8) is 0 Å². The lowest BCUT2D eigenvalue weighted by molar-refractivity contribution is 0.0282. The smallest absolute Gasteiger partial charge is 0.410 e. The Morgan fingerprint density at radius 3 is 2.00 bits per heavy atom. The topological polar surface area (TPSA) is 29.5 Å². The summed E-state index contributed by atoms with van der Waals surface area (Å²) in [6.45, 7) is 7.58. The maximum atomic E-state index is 12.1. The van der Waals surface area contributed by atoms with Crippen molar-refractivity contribution in [3.05, 3.63) is 12.2 Å². The summed E-state index contributed by atoms with van der Waals surface area (Å²) in [6, 6.07) is 0. The lowest BCUT2D eigenvalue weighted by Gasteiger charge is -2.40. The predicted octanol–water partition coefficient (Wildman–Crippen LogP) is 3.07. The van der Waals surface area contributed by atoms with Gasteiger partial charge in [0.25, 0.3) is 0 Å². The average molecular weight is 249 g/mol. The van der Waals surface area contributed by atoms with E-state index in [2.05, 4.69) is 12.2 Å². The summed E-state index contributed by atoms with van der Waals surface area (Å²) >= 11 is 0. The lowest BCUT2D eigenvalue weighted by atomic mass is 9.64. The number of carbonyl (C=O) groups excluding carboxylic acids is 1. The molecule has 1 saturated carbocycles. The monoisotopic (exact) mass is 249 g/mol. The van der Waals surface area contributed by atoms with Crippen LogP contribution in [0.3, 0.4) is 0 Å². The molecule has 3 nitrogen and oxygen atoms in total. The van der Waals surface area contributed by atoms with E-state index in [1.54, 1.807) is 0 Å². The average Bonchev–Trinajstić information content (AvgIpc) is 2.74. The van der Waals surface area contributed by atoms with Gasteiger partial charge >= 0.3 is 6.09 Å². The number of hydrogen-bond acceptors (Lipinski definition) is 2. The Hall–Kier alpha value is -0.990. The highest BCUT2D eigenvalue weighted by Gasteiger charge is 2.47. The van der Waals surface area contributed by atoms with Crippen LogP contribution in [0, 0.1) is 23.7 Å². The molecule has 0 N–H and O–H groups in total. The summed E-state index contributed by atoms with van der Waals surface area (Å²) in [6.07, 6.45) is 7.26. The van der Waals surface area contributed by atoms with Crippen LogP contribution in [0.15, 0.2) is 12.2 Å². The van der Waals surface area contributed by atoms with Crippen molar-refractivity contribution in [2.75, 3.05) is 13.1 Å². The highest BCUT2D eigenvalue weighted by Crippen LogP contribution is 2.48. The van der Waals surface area contributed by atoms with Gasteiger partial charge in [-0.1, -0.05) is 12.2 Å². The second-order valence-corrected chi connectivity index (χ2v) is 7.00. The summed E-state index contributed by atoms with van der Waals surface area (Å²) < 4.78 is 5.49. The molecule has 0 aromatic heterocycles. The third-order valence-electron chi connectivity index (χ3n) is 4.60. The van der Waals surface area contributed by atoms with Crippen molar-refractivity contribution in [1.82, 2.24) is 4.90 Å². The number of likely N-dealkylation sites (tertiary alicyclic amines) is 1. The molecule has 18 heavy (non-hydrogen) atoms. The van der Waals surface area contributed by atoms with Gasteiger partial charge in [-0.05, 0) is 57.3 Å². The summed E-state index contributed by atoms with van der Waals surface area (Å²) in [5.74, 6) is 2.77. The van der Waals surface area contributed by atoms with E-state index in [1.807, 2.05) is 25.7 Å². The molecule has 3 heteroatoms. The molecule has 2 unspecified atom stereocenters. The SMILES string of the molecule is CC(C)(C)OC(=O)N1C[C@@H]2C3C=CC(CC3)[C@@H]2C1. The number of carbonyl (C=O) groups is 1. The molecule has 0 aromatic rings. The van der Waals surface area contributed by atoms with Gasteiger partial charge in [0.1, 0.15) is 5.60 Å². The highest BCUT2D eigenvalue weighted by molar-refractivity contribution is 5.68. The van der Waals surface area contributed by atoms with Gasteiger partial charge in [0.05, 0.1) is 0 Å². The van der Waals surface area contributed by atoms with Crippen molar-refractivity contribution in [2.45, 2.75) is 39.2 Å². The van der Waals surface area contributed by atoms with Gasteiger partial charge in [0.15, 0.2) is 0 Å². The molecule has 0 aromatic carbocycles. The first-order valence-corrected chi connectivity index (χ1v) is 7.10. The van der Waals surface area contributed by atoms with Crippen LogP contribution in [-0.4, -0.2) is 29.7 Å². The molecule has 100 valence electrons. The summed E-state index contributed by atoms with van der Waals surface area (Å²) in [5, 5.41) is 0. The molecule has 1 aliphatic heterocycles. The number of allylic oxidation sites excluding steroid dienone is 2. The molecule has 2 fully saturated rings. The van der Waals surface area contributed by atoms with E-state index in [1.165, 1.54) is 12.8 Å². The number of hydrogen-bond donors (Lipinski definition) is 0. The first-order valence-electron chi connectivity index (χ1n) is 7.10. The molecule has 0 radical (unpaired) electrons. The zero-order chi connectivity index (χ0) is 12.9.